The van der Waals surface area contributed by atoms with Crippen LogP contribution in [0.15, 0.2) is 30.5 Å². The number of rotatable bonds is 3. The molecule has 0 aliphatic carbocycles. The van der Waals surface area contributed by atoms with Crippen molar-refractivity contribution in [1.82, 2.24) is 9.88 Å². The Morgan fingerprint density at radius 1 is 1.32 bits per heavy atom. The van der Waals surface area contributed by atoms with Crippen LogP contribution in [0.2, 0.25) is 0 Å². The lowest BCUT2D eigenvalue weighted by molar-refractivity contribution is 0.110. The van der Waals surface area contributed by atoms with Crippen molar-refractivity contribution in [3.8, 4) is 10.4 Å². The maximum atomic E-state index is 6.02. The van der Waals surface area contributed by atoms with Gasteiger partial charge < -0.3 is 5.73 Å². The van der Waals surface area contributed by atoms with Crippen LogP contribution in [0.1, 0.15) is 24.8 Å². The van der Waals surface area contributed by atoms with E-state index in [0.717, 1.165) is 24.3 Å². The van der Waals surface area contributed by atoms with Crippen molar-refractivity contribution in [2.45, 2.75) is 25.8 Å². The summed E-state index contributed by atoms with van der Waals surface area (Å²) in [5.74, 6) is 0.603. The average molecular weight is 273 g/mol. The summed E-state index contributed by atoms with van der Waals surface area (Å²) in [7, 11) is 0. The van der Waals surface area contributed by atoms with Crippen LogP contribution < -0.4 is 5.73 Å². The number of para-hydroxylation sites is 1. The van der Waals surface area contributed by atoms with E-state index in [1.807, 2.05) is 24.4 Å². The number of thiazole rings is 1. The molecule has 0 bridgehead atoms. The molecule has 1 saturated heterocycles. The summed E-state index contributed by atoms with van der Waals surface area (Å²) in [5, 5.41) is 1.25. The van der Waals surface area contributed by atoms with Gasteiger partial charge in [-0.1, -0.05) is 18.2 Å². The molecule has 2 heterocycles. The highest BCUT2D eigenvalue weighted by atomic mass is 32.1. The average Bonchev–Trinajstić information content (AvgIpc) is 2.76. The summed E-state index contributed by atoms with van der Waals surface area (Å²) in [6.45, 7) is 6.76. The van der Waals surface area contributed by atoms with Crippen molar-refractivity contribution >= 4 is 17.0 Å². The molecule has 100 valence electrons. The minimum atomic E-state index is 0.603. The van der Waals surface area contributed by atoms with Crippen molar-refractivity contribution in [1.29, 1.82) is 0 Å². The zero-order chi connectivity index (χ0) is 13.4. The highest BCUT2D eigenvalue weighted by Crippen LogP contribution is 2.36. The molecule has 0 saturated carbocycles. The molecule has 2 N–H and O–H groups in total. The first-order valence-corrected chi connectivity index (χ1v) is 7.51. The molecule has 1 fully saturated rings. The number of aromatic nitrogens is 1. The van der Waals surface area contributed by atoms with Gasteiger partial charge in [0.1, 0.15) is 0 Å². The van der Waals surface area contributed by atoms with E-state index >= 15 is 0 Å². The van der Waals surface area contributed by atoms with Gasteiger partial charge in [-0.25, -0.2) is 4.98 Å². The smallest absolute Gasteiger partial charge is 0.0987 e. The summed E-state index contributed by atoms with van der Waals surface area (Å²) >= 11 is 1.78. The van der Waals surface area contributed by atoms with Gasteiger partial charge in [-0.15, -0.1) is 11.3 Å². The monoisotopic (exact) mass is 273 g/mol. The molecule has 0 atom stereocenters. The van der Waals surface area contributed by atoms with Crippen LogP contribution in [0.5, 0.6) is 0 Å². The van der Waals surface area contributed by atoms with Crippen LogP contribution in [0.25, 0.3) is 10.4 Å². The lowest BCUT2D eigenvalue weighted by Gasteiger charge is -2.41. The first-order valence-electron chi connectivity index (χ1n) is 6.70. The van der Waals surface area contributed by atoms with E-state index in [0.29, 0.717) is 12.0 Å². The Morgan fingerprint density at radius 2 is 2.05 bits per heavy atom. The zero-order valence-corrected chi connectivity index (χ0v) is 12.2. The van der Waals surface area contributed by atoms with Crippen LogP contribution in [-0.2, 0) is 0 Å². The predicted octanol–water partition coefficient (Wildman–Crippen LogP) is 3.20. The molecule has 1 aliphatic heterocycles. The van der Waals surface area contributed by atoms with Gasteiger partial charge in [-0.2, -0.15) is 0 Å². The molecular formula is C15H19N3S. The Bertz CT molecular complexity index is 570. The van der Waals surface area contributed by atoms with Crippen molar-refractivity contribution in [2.75, 3.05) is 18.8 Å². The maximum Gasteiger partial charge on any atom is 0.0987 e. The van der Waals surface area contributed by atoms with E-state index < -0.39 is 0 Å². The van der Waals surface area contributed by atoms with E-state index in [4.69, 9.17) is 5.73 Å². The number of hydrogen-bond donors (Lipinski definition) is 1. The van der Waals surface area contributed by atoms with Crippen molar-refractivity contribution in [2.24, 2.45) is 0 Å². The molecule has 1 aromatic heterocycles. The zero-order valence-electron chi connectivity index (χ0n) is 11.3. The van der Waals surface area contributed by atoms with Crippen LogP contribution in [-0.4, -0.2) is 29.0 Å². The highest BCUT2D eigenvalue weighted by Gasteiger charge is 2.31. The molecule has 0 spiro atoms. The fourth-order valence-corrected chi connectivity index (χ4v) is 3.46. The molecule has 3 nitrogen and oxygen atoms in total. The van der Waals surface area contributed by atoms with Gasteiger partial charge in [0.05, 0.1) is 9.88 Å². The van der Waals surface area contributed by atoms with E-state index in [1.165, 1.54) is 9.88 Å². The number of nitrogen functional groups attached to an aromatic ring is 1. The molecule has 0 unspecified atom stereocenters. The normalized spacial score (nSPS) is 16.8. The standard InChI is InChI=1S/C15H19N3S/c1-10(2)18-8-11(9-18)15-17-7-14(19-15)12-5-3-4-6-13(12)16/h3-7,10-11H,8-9,16H2,1-2H3. The second kappa shape index (κ2) is 4.94. The van der Waals surface area contributed by atoms with Gasteiger partial charge in [-0.3, -0.25) is 4.90 Å². The minimum absolute atomic E-state index is 0.603. The first-order chi connectivity index (χ1) is 9.15. The van der Waals surface area contributed by atoms with Crippen LogP contribution in [0.4, 0.5) is 5.69 Å². The van der Waals surface area contributed by atoms with Crippen LogP contribution in [0, 0.1) is 0 Å². The molecule has 4 heteroatoms. The predicted molar refractivity (Wildman–Crippen MR) is 81.4 cm³/mol. The largest absolute Gasteiger partial charge is 0.398 e. The van der Waals surface area contributed by atoms with E-state index in [2.05, 4.69) is 29.8 Å². The molecular weight excluding hydrogens is 254 g/mol. The van der Waals surface area contributed by atoms with Gasteiger partial charge in [0, 0.05) is 42.5 Å². The molecule has 19 heavy (non-hydrogen) atoms. The van der Waals surface area contributed by atoms with Crippen molar-refractivity contribution in [3.63, 3.8) is 0 Å². The van der Waals surface area contributed by atoms with Gasteiger partial charge in [0.25, 0.3) is 0 Å². The molecule has 0 amide bonds. The Morgan fingerprint density at radius 3 is 2.74 bits per heavy atom. The number of anilines is 1. The van der Waals surface area contributed by atoms with Crippen molar-refractivity contribution < 1.29 is 0 Å². The molecule has 0 radical (unpaired) electrons. The second-order valence-corrected chi connectivity index (χ2v) is 6.46. The number of nitrogens with zero attached hydrogens (tertiary/aromatic N) is 2. The second-order valence-electron chi connectivity index (χ2n) is 5.39. The third-order valence-corrected chi connectivity index (χ3v) is 4.93. The molecule has 3 rings (SSSR count). The fourth-order valence-electron chi connectivity index (χ4n) is 2.41. The number of likely N-dealkylation sites (tertiary alicyclic amines) is 1. The van der Waals surface area contributed by atoms with Crippen LogP contribution in [0.3, 0.4) is 0 Å². The quantitative estimate of drug-likeness (QED) is 0.873. The summed E-state index contributed by atoms with van der Waals surface area (Å²) in [6, 6.07) is 8.63. The number of nitrogens with two attached hydrogens (primary N) is 1. The summed E-state index contributed by atoms with van der Waals surface area (Å²) in [6.07, 6.45) is 1.96. The summed E-state index contributed by atoms with van der Waals surface area (Å²) < 4.78 is 0. The van der Waals surface area contributed by atoms with Gasteiger partial charge >= 0.3 is 0 Å². The lowest BCUT2D eigenvalue weighted by Crippen LogP contribution is -2.48. The van der Waals surface area contributed by atoms with E-state index in [9.17, 15) is 0 Å². The Kier molecular flexibility index (Phi) is 3.29. The fraction of sp³-hybridized carbons (Fsp3) is 0.400. The highest BCUT2D eigenvalue weighted by molar-refractivity contribution is 7.15. The Balaban J connectivity index is 1.76. The first kappa shape index (κ1) is 12.6. The van der Waals surface area contributed by atoms with Gasteiger partial charge in [0.2, 0.25) is 0 Å². The molecule has 2 aromatic rings. The van der Waals surface area contributed by atoms with E-state index in [-0.39, 0.29) is 0 Å². The summed E-state index contributed by atoms with van der Waals surface area (Å²) in [4.78, 5) is 8.24. The van der Waals surface area contributed by atoms with Gasteiger partial charge in [0.15, 0.2) is 0 Å². The minimum Gasteiger partial charge on any atom is -0.398 e. The molecule has 1 aliphatic rings. The third kappa shape index (κ3) is 2.38. The number of benzene rings is 1. The third-order valence-electron chi connectivity index (χ3n) is 3.74. The van der Waals surface area contributed by atoms with Gasteiger partial charge in [-0.05, 0) is 19.9 Å². The number of hydrogen-bond acceptors (Lipinski definition) is 4. The Hall–Kier alpha value is -1.39. The topological polar surface area (TPSA) is 42.2 Å². The van der Waals surface area contributed by atoms with Crippen molar-refractivity contribution in [3.05, 3.63) is 35.5 Å². The lowest BCUT2D eigenvalue weighted by atomic mass is 9.99. The van der Waals surface area contributed by atoms with E-state index in [1.54, 1.807) is 11.3 Å². The SMILES string of the molecule is CC(C)N1CC(c2ncc(-c3ccccc3N)s2)C1. The maximum absolute atomic E-state index is 6.02. The summed E-state index contributed by atoms with van der Waals surface area (Å²) in [5.41, 5.74) is 7.95. The molecule has 1 aromatic carbocycles. The Labute approximate surface area is 118 Å². The van der Waals surface area contributed by atoms with Crippen LogP contribution >= 0.6 is 11.3 Å².